The smallest absolute Gasteiger partial charge is 0.264 e. The highest BCUT2D eigenvalue weighted by molar-refractivity contribution is 7.90. The molecule has 4 aromatic carbocycles. The largest absolute Gasteiger partial charge is 0.490 e. The molecule has 14 nitrogen and oxygen atoms in total. The van der Waals surface area contributed by atoms with Gasteiger partial charge in [0.15, 0.2) is 0 Å². The average molecular weight is 1200 g/mol. The summed E-state index contributed by atoms with van der Waals surface area (Å²) in [7, 11) is -7.64. The summed E-state index contributed by atoms with van der Waals surface area (Å²) in [6, 6.07) is 22.6. The third kappa shape index (κ3) is 14.1. The standard InChI is InChI=1S/2C32H39ClN2O5S/c2*1-3-16-41(38,39)34-31(37)24-10-14-30-29(18-24)35(19-25-8-7-22(25)9-12-27(36)4-2)20-32(21-40-30)15-5-6-23-17-26(33)11-13-28(23)32/h2*3-4,10-11,13-14,17-18,22,25,27,36H,1-2,5-9,12,15-16,19-21H2,(H,34,37)/t22-,25-,27+,32-;22-,25-,27-,32-/m00/s1. The molecule has 82 heavy (non-hydrogen) atoms. The Morgan fingerprint density at radius 1 is 0.610 bits per heavy atom. The van der Waals surface area contributed by atoms with Crippen molar-refractivity contribution >= 4 is 66.4 Å². The second kappa shape index (κ2) is 26.1. The number of benzene rings is 4. The van der Waals surface area contributed by atoms with Crippen LogP contribution in [0, 0.1) is 23.7 Å². The molecule has 2 heterocycles. The van der Waals surface area contributed by atoms with E-state index in [4.69, 9.17) is 32.7 Å². The van der Waals surface area contributed by atoms with Crippen molar-refractivity contribution < 1.29 is 46.1 Å². The predicted molar refractivity (Wildman–Crippen MR) is 327 cm³/mol. The van der Waals surface area contributed by atoms with Gasteiger partial charge in [-0.2, -0.15) is 0 Å². The van der Waals surface area contributed by atoms with Crippen molar-refractivity contribution in [2.45, 2.75) is 113 Å². The van der Waals surface area contributed by atoms with Crippen LogP contribution in [-0.2, 0) is 43.7 Å². The Kier molecular flexibility index (Phi) is 19.4. The number of aliphatic hydroxyl groups excluding tert-OH is 2. The van der Waals surface area contributed by atoms with Gasteiger partial charge in [-0.15, -0.1) is 26.3 Å². The number of fused-ring (bicyclic) bond motifs is 6. The summed E-state index contributed by atoms with van der Waals surface area (Å²) in [5, 5.41) is 21.5. The van der Waals surface area contributed by atoms with Gasteiger partial charge in [0.25, 0.3) is 11.8 Å². The molecule has 4 aliphatic carbocycles. The molecule has 8 atom stereocenters. The van der Waals surface area contributed by atoms with Crippen LogP contribution in [0.2, 0.25) is 10.0 Å². The Bertz CT molecular complexity index is 3070. The molecule has 2 aliphatic heterocycles. The van der Waals surface area contributed by atoms with Crippen molar-refractivity contribution in [1.82, 2.24) is 9.44 Å². The number of sulfonamides is 2. The Balaban J connectivity index is 0.000000198. The molecule has 0 radical (unpaired) electrons. The summed E-state index contributed by atoms with van der Waals surface area (Å²) in [6.45, 7) is 18.3. The minimum atomic E-state index is -3.82. The number of carbonyl (C=O) groups excluding carboxylic acids is 2. The van der Waals surface area contributed by atoms with Crippen LogP contribution in [0.4, 0.5) is 11.4 Å². The number of nitrogens with one attached hydrogen (secondary N) is 2. The number of ether oxygens (including phenoxy) is 2. The highest BCUT2D eigenvalue weighted by atomic mass is 35.5. The maximum atomic E-state index is 13.0. The molecule has 10 rings (SSSR count). The number of nitrogens with zero attached hydrogens (tertiary/aromatic N) is 2. The predicted octanol–water partition coefficient (Wildman–Crippen LogP) is 10.8. The van der Waals surface area contributed by atoms with Crippen molar-refractivity contribution in [1.29, 1.82) is 0 Å². The van der Waals surface area contributed by atoms with Gasteiger partial charge in [0.1, 0.15) is 11.5 Å². The van der Waals surface area contributed by atoms with Gasteiger partial charge < -0.3 is 29.5 Å². The Morgan fingerprint density at radius 2 is 1.01 bits per heavy atom. The molecule has 2 spiro atoms. The first-order valence-corrected chi connectivity index (χ1v) is 32.9. The van der Waals surface area contributed by atoms with Crippen molar-refractivity contribution in [2.24, 2.45) is 23.7 Å². The number of amides is 2. The van der Waals surface area contributed by atoms with Crippen LogP contribution in [-0.4, -0.2) is 102 Å². The lowest BCUT2D eigenvalue weighted by molar-refractivity contribution is 0.0972. The molecule has 2 fully saturated rings. The lowest BCUT2D eigenvalue weighted by Gasteiger charge is -2.44. The maximum Gasteiger partial charge on any atom is 0.264 e. The first kappa shape index (κ1) is 61.0. The minimum absolute atomic E-state index is 0.245. The van der Waals surface area contributed by atoms with E-state index in [0.29, 0.717) is 74.3 Å². The Labute approximate surface area is 494 Å². The normalized spacial score (nSPS) is 24.2. The second-order valence-corrected chi connectivity index (χ2v) is 27.9. The third-order valence-electron chi connectivity index (χ3n) is 18.0. The molecule has 0 aromatic heterocycles. The van der Waals surface area contributed by atoms with Gasteiger partial charge >= 0.3 is 0 Å². The molecule has 0 bridgehead atoms. The van der Waals surface area contributed by atoms with E-state index in [0.717, 1.165) is 112 Å². The number of carbonyl (C=O) groups is 2. The van der Waals surface area contributed by atoms with E-state index >= 15 is 0 Å². The van der Waals surface area contributed by atoms with Gasteiger partial charge in [0.2, 0.25) is 20.0 Å². The SMILES string of the molecule is C=CCS(=O)(=O)NC(=O)c1ccc2c(c1)N(C[C@@H]1CC[C@H]1CC[C@@H](O)C=C)C[C@@]1(CCCc3cc(Cl)ccc31)CO2.C=CCS(=O)(=O)NC(=O)c1ccc2c(c1)N(C[C@@H]1CC[C@H]1CC[C@H](O)C=C)C[C@@]1(CCCc3cc(Cl)ccc31)CO2. The lowest BCUT2D eigenvalue weighted by atomic mass is 9.68. The fourth-order valence-corrected chi connectivity index (χ4v) is 15.4. The van der Waals surface area contributed by atoms with Gasteiger partial charge in [-0.05, 0) is 196 Å². The fourth-order valence-electron chi connectivity index (χ4n) is 13.4. The zero-order valence-electron chi connectivity index (χ0n) is 46.7. The molecule has 2 saturated carbocycles. The first-order valence-electron chi connectivity index (χ1n) is 28.8. The molecular weight excluding hydrogens is 1120 g/mol. The molecule has 18 heteroatoms. The molecule has 0 saturated heterocycles. The quantitative estimate of drug-likeness (QED) is 0.0613. The molecule has 440 valence electrons. The van der Waals surface area contributed by atoms with Crippen LogP contribution >= 0.6 is 23.2 Å². The van der Waals surface area contributed by atoms with Gasteiger partial charge in [0.05, 0.1) is 48.3 Å². The van der Waals surface area contributed by atoms with E-state index < -0.39 is 44.1 Å². The molecule has 6 aliphatic rings. The summed E-state index contributed by atoms with van der Waals surface area (Å²) in [5.74, 6) is 1.23. The Morgan fingerprint density at radius 3 is 1.38 bits per heavy atom. The number of hydrogen-bond acceptors (Lipinski definition) is 12. The second-order valence-electron chi connectivity index (χ2n) is 23.5. The topological polar surface area (TPSA) is 192 Å². The van der Waals surface area contributed by atoms with Gasteiger partial charge in [-0.25, -0.2) is 26.3 Å². The van der Waals surface area contributed by atoms with Crippen molar-refractivity contribution in [3.63, 3.8) is 0 Å². The number of anilines is 2. The van der Waals surface area contributed by atoms with Crippen molar-refractivity contribution in [2.75, 3.05) is 60.7 Å². The number of aliphatic hydroxyl groups is 2. The summed E-state index contributed by atoms with van der Waals surface area (Å²) in [6.07, 6.45) is 18.4. The summed E-state index contributed by atoms with van der Waals surface area (Å²) >= 11 is 12.7. The number of aryl methyl sites for hydroxylation is 2. The fraction of sp³-hybridized carbons (Fsp3) is 0.469. The number of hydrogen-bond donors (Lipinski definition) is 4. The zero-order chi connectivity index (χ0) is 58.4. The Hall–Kier alpha value is -5.62. The van der Waals surface area contributed by atoms with Gasteiger partial charge in [0, 0.05) is 58.2 Å². The third-order valence-corrected chi connectivity index (χ3v) is 20.9. The van der Waals surface area contributed by atoms with E-state index in [1.807, 2.05) is 12.1 Å². The monoisotopic (exact) mass is 1200 g/mol. The minimum Gasteiger partial charge on any atom is -0.490 e. The van der Waals surface area contributed by atoms with Crippen LogP contribution in [0.25, 0.3) is 0 Å². The van der Waals surface area contributed by atoms with E-state index in [9.17, 15) is 36.6 Å². The van der Waals surface area contributed by atoms with Crippen LogP contribution in [0.1, 0.15) is 120 Å². The lowest BCUT2D eigenvalue weighted by Crippen LogP contribution is -2.48. The van der Waals surface area contributed by atoms with Gasteiger partial charge in [-0.1, -0.05) is 59.6 Å². The number of halogens is 2. The average Bonchev–Trinajstić information content (AvgIpc) is 3.76. The van der Waals surface area contributed by atoms with Gasteiger partial charge in [-0.3, -0.25) is 9.59 Å². The number of rotatable bonds is 20. The van der Waals surface area contributed by atoms with Crippen molar-refractivity contribution in [3.8, 4) is 11.5 Å². The van der Waals surface area contributed by atoms with E-state index in [-0.39, 0.29) is 33.5 Å². The highest BCUT2D eigenvalue weighted by Crippen LogP contribution is 2.49. The van der Waals surface area contributed by atoms with Crippen LogP contribution in [0.3, 0.4) is 0 Å². The first-order chi connectivity index (χ1) is 39.3. The zero-order valence-corrected chi connectivity index (χ0v) is 49.9. The van der Waals surface area contributed by atoms with E-state index in [1.165, 1.54) is 34.4 Å². The molecule has 2 amide bonds. The van der Waals surface area contributed by atoms with Crippen molar-refractivity contribution in [3.05, 3.63) is 167 Å². The highest BCUT2D eigenvalue weighted by Gasteiger charge is 2.45. The molecular formula is C64H78Cl2N4O10S2. The maximum absolute atomic E-state index is 13.0. The van der Waals surface area contributed by atoms with Crippen LogP contribution in [0.5, 0.6) is 11.5 Å². The molecule has 4 aromatic rings. The van der Waals surface area contributed by atoms with E-state index in [1.54, 1.807) is 48.6 Å². The molecule has 4 N–H and O–H groups in total. The summed E-state index contributed by atoms with van der Waals surface area (Å²) in [5.41, 5.74) is 6.67. The van der Waals surface area contributed by atoms with Crippen LogP contribution < -0.4 is 28.7 Å². The van der Waals surface area contributed by atoms with E-state index in [2.05, 4.69) is 69.8 Å². The molecule has 0 unspecified atom stereocenters. The summed E-state index contributed by atoms with van der Waals surface area (Å²) in [4.78, 5) is 30.7. The van der Waals surface area contributed by atoms with Crippen LogP contribution in [0.15, 0.2) is 123 Å². The summed E-state index contributed by atoms with van der Waals surface area (Å²) < 4.78 is 66.3.